The van der Waals surface area contributed by atoms with Gasteiger partial charge in [0, 0.05) is 38.9 Å². The number of hydrazine groups is 1. The average Bonchev–Trinajstić information content (AvgIpc) is 2.57. The van der Waals surface area contributed by atoms with Crippen molar-refractivity contribution in [3.63, 3.8) is 0 Å². The van der Waals surface area contributed by atoms with Gasteiger partial charge in [0.1, 0.15) is 5.70 Å². The molecule has 0 aromatic carbocycles. The van der Waals surface area contributed by atoms with Crippen LogP contribution in [0.25, 0.3) is 0 Å². The highest BCUT2D eigenvalue weighted by Crippen LogP contribution is 1.99. The molecule has 1 aliphatic heterocycles. The molecular formula is C15H36N6O. The molecule has 0 atom stereocenters. The molecule has 0 radical (unpaired) electrons. The highest BCUT2D eigenvalue weighted by atomic mass is 16.1. The minimum Gasteiger partial charge on any atom is -0.393 e. The maximum atomic E-state index is 11.4. The van der Waals surface area contributed by atoms with Crippen molar-refractivity contribution < 1.29 is 4.79 Å². The maximum absolute atomic E-state index is 11.4. The SMILES string of the molecule is CC.CC.CN1CCN(CCCNC(=O)/C(N)=C/NN)CC1. The summed E-state index contributed by atoms with van der Waals surface area (Å²) in [5, 5.41) is 2.75. The summed E-state index contributed by atoms with van der Waals surface area (Å²) in [6.07, 6.45) is 2.20. The third-order valence-corrected chi connectivity index (χ3v) is 3.03. The zero-order valence-electron chi connectivity index (χ0n) is 15.0. The predicted octanol–water partition coefficient (Wildman–Crippen LogP) is 0.0559. The van der Waals surface area contributed by atoms with Crippen molar-refractivity contribution in [1.82, 2.24) is 20.5 Å². The van der Waals surface area contributed by atoms with E-state index in [9.17, 15) is 4.79 Å². The fourth-order valence-corrected chi connectivity index (χ4v) is 1.83. The van der Waals surface area contributed by atoms with Crippen LogP contribution in [0.2, 0.25) is 0 Å². The third-order valence-electron chi connectivity index (χ3n) is 3.03. The molecule has 0 unspecified atom stereocenters. The van der Waals surface area contributed by atoms with Gasteiger partial charge < -0.3 is 26.3 Å². The lowest BCUT2D eigenvalue weighted by Crippen LogP contribution is -2.45. The molecule has 132 valence electrons. The van der Waals surface area contributed by atoms with E-state index in [1.54, 1.807) is 0 Å². The van der Waals surface area contributed by atoms with Gasteiger partial charge in [0.15, 0.2) is 0 Å². The van der Waals surface area contributed by atoms with Gasteiger partial charge in [-0.05, 0) is 20.0 Å². The predicted molar refractivity (Wildman–Crippen MR) is 93.9 cm³/mol. The Hall–Kier alpha value is -1.31. The summed E-state index contributed by atoms with van der Waals surface area (Å²) in [7, 11) is 2.14. The fraction of sp³-hybridized carbons (Fsp3) is 0.800. The van der Waals surface area contributed by atoms with Crippen LogP contribution < -0.4 is 22.3 Å². The molecule has 1 rings (SSSR count). The highest BCUT2D eigenvalue weighted by Gasteiger charge is 2.12. The molecule has 0 aromatic rings. The van der Waals surface area contributed by atoms with E-state index >= 15 is 0 Å². The molecule has 0 spiro atoms. The summed E-state index contributed by atoms with van der Waals surface area (Å²) in [6, 6.07) is 0. The Bertz CT molecular complexity index is 288. The van der Waals surface area contributed by atoms with Crippen LogP contribution in [-0.4, -0.2) is 62.0 Å². The van der Waals surface area contributed by atoms with Crippen molar-refractivity contribution in [2.75, 3.05) is 46.3 Å². The van der Waals surface area contributed by atoms with Crippen molar-refractivity contribution in [2.45, 2.75) is 34.1 Å². The van der Waals surface area contributed by atoms with Gasteiger partial charge in [-0.3, -0.25) is 10.6 Å². The molecule has 22 heavy (non-hydrogen) atoms. The van der Waals surface area contributed by atoms with Gasteiger partial charge in [-0.2, -0.15) is 0 Å². The number of carbonyl (C=O) groups is 1. The van der Waals surface area contributed by atoms with E-state index in [0.717, 1.165) is 39.1 Å². The largest absolute Gasteiger partial charge is 0.393 e. The first-order valence-electron chi connectivity index (χ1n) is 8.24. The summed E-state index contributed by atoms with van der Waals surface area (Å²) in [4.78, 5) is 16.1. The Morgan fingerprint density at radius 3 is 2.18 bits per heavy atom. The number of piperazine rings is 1. The van der Waals surface area contributed by atoms with E-state index in [2.05, 4.69) is 27.6 Å². The van der Waals surface area contributed by atoms with E-state index in [-0.39, 0.29) is 11.6 Å². The maximum Gasteiger partial charge on any atom is 0.268 e. The summed E-state index contributed by atoms with van der Waals surface area (Å²) < 4.78 is 0. The van der Waals surface area contributed by atoms with Crippen molar-refractivity contribution in [2.24, 2.45) is 11.6 Å². The van der Waals surface area contributed by atoms with Gasteiger partial charge in [-0.25, -0.2) is 0 Å². The Balaban J connectivity index is 0. The van der Waals surface area contributed by atoms with Gasteiger partial charge in [-0.1, -0.05) is 27.7 Å². The minimum atomic E-state index is -0.286. The number of amides is 1. The second-order valence-corrected chi connectivity index (χ2v) is 4.52. The lowest BCUT2D eigenvalue weighted by molar-refractivity contribution is -0.117. The van der Waals surface area contributed by atoms with Crippen molar-refractivity contribution in [1.29, 1.82) is 0 Å². The van der Waals surface area contributed by atoms with Gasteiger partial charge in [0.2, 0.25) is 0 Å². The molecule has 1 aliphatic rings. The lowest BCUT2D eigenvalue weighted by atomic mass is 10.3. The van der Waals surface area contributed by atoms with Crippen molar-refractivity contribution in [3.8, 4) is 0 Å². The van der Waals surface area contributed by atoms with E-state index in [1.165, 1.54) is 6.20 Å². The second-order valence-electron chi connectivity index (χ2n) is 4.52. The number of hydrogen-bond donors (Lipinski definition) is 4. The van der Waals surface area contributed by atoms with E-state index in [0.29, 0.717) is 6.54 Å². The molecule has 7 nitrogen and oxygen atoms in total. The summed E-state index contributed by atoms with van der Waals surface area (Å²) in [5.74, 6) is 4.75. The zero-order chi connectivity index (χ0) is 17.4. The Labute approximate surface area is 136 Å². The summed E-state index contributed by atoms with van der Waals surface area (Å²) in [6.45, 7) is 14.1. The number of likely N-dealkylation sites (N-methyl/N-ethyl adjacent to an activating group) is 1. The van der Waals surface area contributed by atoms with Crippen LogP contribution in [0, 0.1) is 0 Å². The van der Waals surface area contributed by atoms with Gasteiger partial charge in [0.05, 0.1) is 0 Å². The molecule has 1 amide bonds. The Morgan fingerprint density at radius 1 is 1.14 bits per heavy atom. The van der Waals surface area contributed by atoms with Gasteiger partial charge in [-0.15, -0.1) is 0 Å². The quantitative estimate of drug-likeness (QED) is 0.239. The first-order chi connectivity index (χ1) is 10.6. The third kappa shape index (κ3) is 11.4. The Morgan fingerprint density at radius 2 is 1.68 bits per heavy atom. The molecule has 0 saturated carbocycles. The number of nitrogens with one attached hydrogen (secondary N) is 2. The molecule has 1 saturated heterocycles. The number of hydrogen-bond acceptors (Lipinski definition) is 6. The van der Waals surface area contributed by atoms with Crippen LogP contribution in [0.4, 0.5) is 0 Å². The first-order valence-corrected chi connectivity index (χ1v) is 8.24. The normalized spacial score (nSPS) is 15.8. The van der Waals surface area contributed by atoms with Crippen LogP contribution in [0.1, 0.15) is 34.1 Å². The standard InChI is InChI=1S/C11H24N6O.2C2H6/c1-16-5-7-17(8-6-16)4-2-3-14-11(18)10(12)9-15-13;2*1-2/h9,15H,2-8,12-13H2,1H3,(H,14,18);2*1-2H3/b10-9-;;. The van der Waals surface area contributed by atoms with Gasteiger partial charge in [0.25, 0.3) is 5.91 Å². The van der Waals surface area contributed by atoms with Crippen LogP contribution in [-0.2, 0) is 4.79 Å². The van der Waals surface area contributed by atoms with E-state index in [1.807, 2.05) is 27.7 Å². The highest BCUT2D eigenvalue weighted by molar-refractivity contribution is 5.92. The van der Waals surface area contributed by atoms with Crippen LogP contribution in [0.3, 0.4) is 0 Å². The molecular weight excluding hydrogens is 280 g/mol. The van der Waals surface area contributed by atoms with Crippen LogP contribution >= 0.6 is 0 Å². The summed E-state index contributed by atoms with van der Waals surface area (Å²) >= 11 is 0. The molecule has 6 N–H and O–H groups in total. The molecule has 0 aliphatic carbocycles. The van der Waals surface area contributed by atoms with Crippen LogP contribution in [0.5, 0.6) is 0 Å². The van der Waals surface area contributed by atoms with E-state index in [4.69, 9.17) is 11.6 Å². The monoisotopic (exact) mass is 316 g/mol. The molecule has 0 bridgehead atoms. The Kier molecular flexibility index (Phi) is 16.8. The number of rotatable bonds is 6. The minimum absolute atomic E-state index is 0.0945. The van der Waals surface area contributed by atoms with Crippen LogP contribution in [0.15, 0.2) is 11.9 Å². The summed E-state index contributed by atoms with van der Waals surface area (Å²) in [5.41, 5.74) is 7.79. The molecule has 7 heteroatoms. The molecule has 0 aromatic heterocycles. The number of nitrogens with two attached hydrogens (primary N) is 2. The van der Waals surface area contributed by atoms with Gasteiger partial charge >= 0.3 is 0 Å². The van der Waals surface area contributed by atoms with E-state index < -0.39 is 0 Å². The number of carbonyl (C=O) groups excluding carboxylic acids is 1. The fourth-order valence-electron chi connectivity index (χ4n) is 1.83. The topological polar surface area (TPSA) is 99.6 Å². The number of nitrogens with zero attached hydrogens (tertiary/aromatic N) is 2. The average molecular weight is 316 g/mol. The van der Waals surface area contributed by atoms with Crippen molar-refractivity contribution in [3.05, 3.63) is 11.9 Å². The zero-order valence-corrected chi connectivity index (χ0v) is 15.0. The first kappa shape index (κ1) is 23.0. The molecule has 1 heterocycles. The second kappa shape index (κ2) is 16.1. The molecule has 1 fully saturated rings. The lowest BCUT2D eigenvalue weighted by Gasteiger charge is -2.32. The van der Waals surface area contributed by atoms with Crippen molar-refractivity contribution >= 4 is 5.91 Å². The smallest absolute Gasteiger partial charge is 0.268 e.